The molecule has 0 aromatic carbocycles. The van der Waals surface area contributed by atoms with Crippen LogP contribution in [-0.4, -0.2) is 52.8 Å². The minimum Gasteiger partial charge on any atom is -0.355 e. The van der Waals surface area contributed by atoms with E-state index >= 15 is 0 Å². The Balaban J connectivity index is 2.14. The Morgan fingerprint density at radius 2 is 2.35 bits per heavy atom. The number of carbonyl (C=O) groups excluding carboxylic acids is 1. The summed E-state index contributed by atoms with van der Waals surface area (Å²) >= 11 is 6.28. The lowest BCUT2D eigenvalue weighted by atomic mass is 10.1. The van der Waals surface area contributed by atoms with Crippen molar-refractivity contribution in [3.05, 3.63) is 16.4 Å². The van der Waals surface area contributed by atoms with Crippen LogP contribution >= 0.6 is 11.6 Å². The summed E-state index contributed by atoms with van der Waals surface area (Å²) < 4.78 is 1.68. The Bertz CT molecular complexity index is 487. The molecule has 1 aromatic rings. The first-order valence-electron chi connectivity index (χ1n) is 6.95. The summed E-state index contributed by atoms with van der Waals surface area (Å²) in [7, 11) is 1.83. The highest BCUT2D eigenvalue weighted by molar-refractivity contribution is 6.30. The Kier molecular flexibility index (Phi) is 5.01. The number of hydrogen-bond donors (Lipinski definition) is 2. The van der Waals surface area contributed by atoms with Crippen molar-refractivity contribution < 1.29 is 4.79 Å². The topological polar surface area (TPSA) is 62.2 Å². The van der Waals surface area contributed by atoms with Crippen LogP contribution < -0.4 is 10.6 Å². The second kappa shape index (κ2) is 6.56. The third kappa shape index (κ3) is 3.13. The van der Waals surface area contributed by atoms with Crippen molar-refractivity contribution in [2.45, 2.75) is 26.4 Å². The van der Waals surface area contributed by atoms with Gasteiger partial charge in [-0.1, -0.05) is 11.6 Å². The first-order valence-corrected chi connectivity index (χ1v) is 7.32. The number of aromatic nitrogens is 2. The molecule has 20 heavy (non-hydrogen) atoms. The van der Waals surface area contributed by atoms with Crippen molar-refractivity contribution in [3.8, 4) is 0 Å². The van der Waals surface area contributed by atoms with Crippen LogP contribution in [-0.2, 0) is 18.4 Å². The molecule has 2 heterocycles. The monoisotopic (exact) mass is 299 g/mol. The Morgan fingerprint density at radius 1 is 1.60 bits per heavy atom. The zero-order chi connectivity index (χ0) is 14.7. The van der Waals surface area contributed by atoms with Gasteiger partial charge in [0.25, 0.3) is 0 Å². The van der Waals surface area contributed by atoms with Crippen molar-refractivity contribution in [1.82, 2.24) is 25.3 Å². The Morgan fingerprint density at radius 3 is 2.95 bits per heavy atom. The maximum atomic E-state index is 12.1. The summed E-state index contributed by atoms with van der Waals surface area (Å²) in [6, 6.07) is -0.153. The largest absolute Gasteiger partial charge is 0.355 e. The highest BCUT2D eigenvalue weighted by Crippen LogP contribution is 2.22. The van der Waals surface area contributed by atoms with Gasteiger partial charge in [-0.2, -0.15) is 5.10 Å². The van der Waals surface area contributed by atoms with E-state index in [-0.39, 0.29) is 11.9 Å². The second-order valence-corrected chi connectivity index (χ2v) is 5.42. The molecular weight excluding hydrogens is 278 g/mol. The standard InChI is InChI=1S/C13H22ClN5O/c1-4-16-13(20)11-7-15-5-6-19(11)8-10-9(2)17-18(3)12(10)14/h11,15H,4-8H2,1-3H3,(H,16,20). The third-order valence-corrected chi connectivity index (χ3v) is 4.11. The fourth-order valence-corrected chi connectivity index (χ4v) is 2.78. The average molecular weight is 300 g/mol. The molecule has 0 bridgehead atoms. The van der Waals surface area contributed by atoms with Gasteiger partial charge in [0.2, 0.25) is 5.91 Å². The van der Waals surface area contributed by atoms with E-state index in [2.05, 4.69) is 20.6 Å². The molecule has 0 aliphatic carbocycles. The van der Waals surface area contributed by atoms with Crippen molar-refractivity contribution in [2.24, 2.45) is 7.05 Å². The van der Waals surface area contributed by atoms with Gasteiger partial charge in [-0.05, 0) is 13.8 Å². The van der Waals surface area contributed by atoms with Crippen LogP contribution in [0.3, 0.4) is 0 Å². The minimum atomic E-state index is -0.153. The summed E-state index contributed by atoms with van der Waals surface area (Å²) in [6.07, 6.45) is 0. The van der Waals surface area contributed by atoms with Gasteiger partial charge in [0.1, 0.15) is 11.2 Å². The molecule has 1 unspecified atom stereocenters. The molecule has 1 saturated heterocycles. The minimum absolute atomic E-state index is 0.0670. The van der Waals surface area contributed by atoms with Crippen LogP contribution in [0.25, 0.3) is 0 Å². The molecule has 0 spiro atoms. The number of nitrogens with one attached hydrogen (secondary N) is 2. The molecule has 1 fully saturated rings. The summed E-state index contributed by atoms with van der Waals surface area (Å²) in [5.41, 5.74) is 1.93. The number of rotatable bonds is 4. The first-order chi connectivity index (χ1) is 9.54. The van der Waals surface area contributed by atoms with Gasteiger partial charge in [-0.15, -0.1) is 0 Å². The maximum Gasteiger partial charge on any atom is 0.238 e. The van der Waals surface area contributed by atoms with Crippen molar-refractivity contribution in [3.63, 3.8) is 0 Å². The van der Waals surface area contributed by atoms with Crippen LogP contribution in [0.5, 0.6) is 0 Å². The molecule has 1 atom stereocenters. The fourth-order valence-electron chi connectivity index (χ4n) is 2.54. The second-order valence-electron chi connectivity index (χ2n) is 5.06. The molecule has 1 aromatic heterocycles. The van der Waals surface area contributed by atoms with Crippen LogP contribution in [0.1, 0.15) is 18.2 Å². The number of halogens is 1. The Hall–Kier alpha value is -1.11. The molecule has 6 nitrogen and oxygen atoms in total. The summed E-state index contributed by atoms with van der Waals surface area (Å²) in [4.78, 5) is 14.3. The number of amides is 1. The highest BCUT2D eigenvalue weighted by Gasteiger charge is 2.29. The number of piperazine rings is 1. The summed E-state index contributed by atoms with van der Waals surface area (Å²) in [6.45, 7) is 7.56. The molecule has 2 N–H and O–H groups in total. The van der Waals surface area contributed by atoms with Crippen LogP contribution in [0.15, 0.2) is 0 Å². The van der Waals surface area contributed by atoms with Gasteiger partial charge in [0, 0.05) is 45.3 Å². The quantitative estimate of drug-likeness (QED) is 0.839. The maximum absolute atomic E-state index is 12.1. The lowest BCUT2D eigenvalue weighted by molar-refractivity contribution is -0.127. The average Bonchev–Trinajstić information content (AvgIpc) is 2.66. The highest BCUT2D eigenvalue weighted by atomic mass is 35.5. The SMILES string of the molecule is CCNC(=O)C1CNCCN1Cc1c(C)nn(C)c1Cl. The van der Waals surface area contributed by atoms with Crippen molar-refractivity contribution in [2.75, 3.05) is 26.2 Å². The van der Waals surface area contributed by atoms with E-state index in [4.69, 9.17) is 11.6 Å². The number of hydrogen-bond acceptors (Lipinski definition) is 4. The summed E-state index contributed by atoms with van der Waals surface area (Å²) in [5, 5.41) is 11.1. The van der Waals surface area contributed by atoms with E-state index in [1.165, 1.54) is 0 Å². The zero-order valence-corrected chi connectivity index (χ0v) is 13.0. The van der Waals surface area contributed by atoms with Crippen LogP contribution in [0.4, 0.5) is 0 Å². The van der Waals surface area contributed by atoms with Crippen LogP contribution in [0, 0.1) is 6.92 Å². The molecule has 1 amide bonds. The molecule has 1 aliphatic rings. The number of carbonyl (C=O) groups is 1. The van der Waals surface area contributed by atoms with E-state index in [1.54, 1.807) is 4.68 Å². The van der Waals surface area contributed by atoms with Gasteiger partial charge in [-0.3, -0.25) is 14.4 Å². The van der Waals surface area contributed by atoms with Crippen molar-refractivity contribution >= 4 is 17.5 Å². The number of likely N-dealkylation sites (N-methyl/N-ethyl adjacent to an activating group) is 1. The molecule has 7 heteroatoms. The third-order valence-electron chi connectivity index (χ3n) is 3.64. The lowest BCUT2D eigenvalue weighted by Crippen LogP contribution is -2.57. The van der Waals surface area contributed by atoms with Crippen molar-refractivity contribution in [1.29, 1.82) is 0 Å². The van der Waals surface area contributed by atoms with E-state index in [9.17, 15) is 4.79 Å². The van der Waals surface area contributed by atoms with Gasteiger partial charge in [0.05, 0.1) is 5.69 Å². The zero-order valence-electron chi connectivity index (χ0n) is 12.2. The van der Waals surface area contributed by atoms with Gasteiger partial charge in [-0.25, -0.2) is 0 Å². The molecular formula is C13H22ClN5O. The predicted molar refractivity (Wildman–Crippen MR) is 78.7 cm³/mol. The smallest absolute Gasteiger partial charge is 0.238 e. The molecule has 112 valence electrons. The van der Waals surface area contributed by atoms with E-state index in [1.807, 2.05) is 20.9 Å². The van der Waals surface area contributed by atoms with Crippen LogP contribution in [0.2, 0.25) is 5.15 Å². The van der Waals surface area contributed by atoms with E-state index in [0.29, 0.717) is 24.8 Å². The molecule has 0 radical (unpaired) electrons. The van der Waals surface area contributed by atoms with Gasteiger partial charge < -0.3 is 10.6 Å². The Labute approximate surface area is 124 Å². The molecule has 2 rings (SSSR count). The lowest BCUT2D eigenvalue weighted by Gasteiger charge is -2.35. The number of nitrogens with zero attached hydrogens (tertiary/aromatic N) is 3. The summed E-state index contributed by atoms with van der Waals surface area (Å²) in [5.74, 6) is 0.0670. The van der Waals surface area contributed by atoms with Gasteiger partial charge in [0.15, 0.2) is 0 Å². The predicted octanol–water partition coefficient (Wildman–Crippen LogP) is 0.292. The first kappa shape index (κ1) is 15.3. The molecule has 0 saturated carbocycles. The number of aryl methyl sites for hydroxylation is 2. The van der Waals surface area contributed by atoms with E-state index in [0.717, 1.165) is 24.3 Å². The molecule has 1 aliphatic heterocycles. The fraction of sp³-hybridized carbons (Fsp3) is 0.692. The normalized spacial score (nSPS) is 20.1. The van der Waals surface area contributed by atoms with Gasteiger partial charge >= 0.3 is 0 Å². The van der Waals surface area contributed by atoms with E-state index < -0.39 is 0 Å².